The molecule has 0 aromatic heterocycles. The van der Waals surface area contributed by atoms with Crippen molar-refractivity contribution in [2.75, 3.05) is 6.61 Å². The van der Waals surface area contributed by atoms with Crippen LogP contribution >= 0.6 is 0 Å². The number of unbranched alkanes of at least 4 members (excludes halogenated alkanes) is 1. The molecule has 0 aromatic carbocycles. The van der Waals surface area contributed by atoms with Crippen LogP contribution < -0.4 is 0 Å². The average molecular weight is 212 g/mol. The fourth-order valence-corrected chi connectivity index (χ4v) is 2.60. The van der Waals surface area contributed by atoms with Crippen LogP contribution in [-0.4, -0.2) is 23.3 Å². The first kappa shape index (κ1) is 10.9. The normalized spacial score (nSPS) is 30.7. The van der Waals surface area contributed by atoms with E-state index in [1.807, 2.05) is 0 Å². The van der Waals surface area contributed by atoms with Gasteiger partial charge in [0.25, 0.3) is 0 Å². The summed E-state index contributed by atoms with van der Waals surface area (Å²) in [6, 6.07) is 0. The zero-order valence-electron chi connectivity index (χ0n) is 9.21. The fourth-order valence-electron chi connectivity index (χ4n) is 2.60. The van der Waals surface area contributed by atoms with Gasteiger partial charge in [0.1, 0.15) is 0 Å². The summed E-state index contributed by atoms with van der Waals surface area (Å²) in [4.78, 5) is 10.8. The first-order valence-corrected chi connectivity index (χ1v) is 6.10. The standard InChI is InChI=1S/C12H20O3/c13-11(14)12(9-15-12)8-4-3-7-10-5-1-2-6-10/h10H,1-9H2,(H,13,14). The molecule has 1 atom stereocenters. The first-order chi connectivity index (χ1) is 7.23. The van der Waals surface area contributed by atoms with Crippen LogP contribution in [0, 0.1) is 5.92 Å². The van der Waals surface area contributed by atoms with Gasteiger partial charge < -0.3 is 9.84 Å². The Morgan fingerprint density at radius 2 is 2.00 bits per heavy atom. The first-order valence-electron chi connectivity index (χ1n) is 6.10. The Kier molecular flexibility index (Phi) is 3.29. The third-order valence-electron chi connectivity index (χ3n) is 3.80. The van der Waals surface area contributed by atoms with E-state index in [1.165, 1.54) is 38.5 Å². The monoisotopic (exact) mass is 212 g/mol. The second-order valence-electron chi connectivity index (χ2n) is 4.98. The van der Waals surface area contributed by atoms with E-state index in [0.29, 0.717) is 13.0 Å². The molecule has 1 unspecified atom stereocenters. The Bertz CT molecular complexity index is 227. The largest absolute Gasteiger partial charge is 0.479 e. The molecule has 0 amide bonds. The van der Waals surface area contributed by atoms with Gasteiger partial charge in [-0.15, -0.1) is 0 Å². The summed E-state index contributed by atoms with van der Waals surface area (Å²) >= 11 is 0. The summed E-state index contributed by atoms with van der Waals surface area (Å²) in [7, 11) is 0. The molecule has 2 aliphatic rings. The highest BCUT2D eigenvalue weighted by Gasteiger charge is 2.51. The zero-order chi connectivity index (χ0) is 10.7. The van der Waals surface area contributed by atoms with Crippen LogP contribution in [0.5, 0.6) is 0 Å². The minimum absolute atomic E-state index is 0.422. The molecule has 2 fully saturated rings. The predicted octanol–water partition coefficient (Wildman–Crippen LogP) is 2.59. The molecule has 1 heterocycles. The molecule has 1 saturated heterocycles. The van der Waals surface area contributed by atoms with Crippen LogP contribution in [0.3, 0.4) is 0 Å². The summed E-state index contributed by atoms with van der Waals surface area (Å²) in [5.74, 6) is 0.147. The van der Waals surface area contributed by atoms with Gasteiger partial charge in [-0.2, -0.15) is 0 Å². The van der Waals surface area contributed by atoms with E-state index in [4.69, 9.17) is 9.84 Å². The average Bonchev–Trinajstić information content (AvgIpc) is 2.83. The van der Waals surface area contributed by atoms with E-state index in [9.17, 15) is 4.79 Å². The number of hydrogen-bond acceptors (Lipinski definition) is 2. The van der Waals surface area contributed by atoms with E-state index in [1.54, 1.807) is 0 Å². The van der Waals surface area contributed by atoms with Crippen molar-refractivity contribution in [3.05, 3.63) is 0 Å². The minimum Gasteiger partial charge on any atom is -0.479 e. The maximum atomic E-state index is 10.8. The van der Waals surface area contributed by atoms with Gasteiger partial charge >= 0.3 is 5.97 Å². The Balaban J connectivity index is 1.57. The molecular formula is C12H20O3. The van der Waals surface area contributed by atoms with E-state index >= 15 is 0 Å². The Morgan fingerprint density at radius 3 is 2.53 bits per heavy atom. The molecule has 3 heteroatoms. The van der Waals surface area contributed by atoms with Crippen molar-refractivity contribution in [3.8, 4) is 0 Å². The zero-order valence-corrected chi connectivity index (χ0v) is 9.21. The number of ether oxygens (including phenoxy) is 1. The molecule has 1 aliphatic heterocycles. The van der Waals surface area contributed by atoms with Crippen LogP contribution in [0.2, 0.25) is 0 Å². The van der Waals surface area contributed by atoms with Gasteiger partial charge in [-0.05, 0) is 18.8 Å². The molecular weight excluding hydrogens is 192 g/mol. The van der Waals surface area contributed by atoms with Crippen LogP contribution in [-0.2, 0) is 9.53 Å². The lowest BCUT2D eigenvalue weighted by molar-refractivity contribution is -0.143. The predicted molar refractivity (Wildman–Crippen MR) is 56.7 cm³/mol. The van der Waals surface area contributed by atoms with Gasteiger partial charge in [0.2, 0.25) is 0 Å². The molecule has 86 valence electrons. The highest BCUT2D eigenvalue weighted by atomic mass is 16.6. The molecule has 0 aromatic rings. The van der Waals surface area contributed by atoms with Crippen molar-refractivity contribution in [1.29, 1.82) is 0 Å². The number of aliphatic carboxylic acids is 1. The lowest BCUT2D eigenvalue weighted by Gasteiger charge is -2.09. The lowest BCUT2D eigenvalue weighted by atomic mass is 9.96. The van der Waals surface area contributed by atoms with Gasteiger partial charge in [-0.25, -0.2) is 4.79 Å². The number of carboxylic acid groups (broad SMARTS) is 1. The number of carboxylic acids is 1. The van der Waals surface area contributed by atoms with Crippen molar-refractivity contribution in [1.82, 2.24) is 0 Å². The van der Waals surface area contributed by atoms with Crippen molar-refractivity contribution >= 4 is 5.97 Å². The molecule has 0 spiro atoms. The van der Waals surface area contributed by atoms with Crippen LogP contribution in [0.1, 0.15) is 51.4 Å². The van der Waals surface area contributed by atoms with E-state index in [0.717, 1.165) is 12.3 Å². The quantitative estimate of drug-likeness (QED) is 0.544. The summed E-state index contributed by atoms with van der Waals surface area (Å²) in [6.07, 6.45) is 9.73. The van der Waals surface area contributed by atoms with Crippen molar-refractivity contribution < 1.29 is 14.6 Å². The van der Waals surface area contributed by atoms with Gasteiger partial charge in [-0.3, -0.25) is 0 Å². The molecule has 1 N–H and O–H groups in total. The third-order valence-corrected chi connectivity index (χ3v) is 3.80. The molecule has 0 radical (unpaired) electrons. The number of hydrogen-bond donors (Lipinski definition) is 1. The van der Waals surface area contributed by atoms with E-state index < -0.39 is 11.6 Å². The van der Waals surface area contributed by atoms with E-state index in [-0.39, 0.29) is 0 Å². The molecule has 1 saturated carbocycles. The fraction of sp³-hybridized carbons (Fsp3) is 0.917. The topological polar surface area (TPSA) is 49.8 Å². The third kappa shape index (κ3) is 2.71. The summed E-state index contributed by atoms with van der Waals surface area (Å²) in [6.45, 7) is 0.422. The van der Waals surface area contributed by atoms with Crippen LogP contribution in [0.15, 0.2) is 0 Å². The van der Waals surface area contributed by atoms with Crippen molar-refractivity contribution in [2.45, 2.75) is 57.0 Å². The number of carbonyl (C=O) groups is 1. The summed E-state index contributed by atoms with van der Waals surface area (Å²) in [5.41, 5.74) is -0.782. The summed E-state index contributed by atoms with van der Waals surface area (Å²) < 4.78 is 5.03. The molecule has 1 aliphatic carbocycles. The molecule has 3 nitrogen and oxygen atoms in total. The molecule has 2 rings (SSSR count). The van der Waals surface area contributed by atoms with Gasteiger partial charge in [-0.1, -0.05) is 38.5 Å². The van der Waals surface area contributed by atoms with Gasteiger partial charge in [0, 0.05) is 0 Å². The highest BCUT2D eigenvalue weighted by Crippen LogP contribution is 2.34. The van der Waals surface area contributed by atoms with E-state index in [2.05, 4.69) is 0 Å². The van der Waals surface area contributed by atoms with Gasteiger partial charge in [0.15, 0.2) is 5.60 Å². The maximum absolute atomic E-state index is 10.8. The maximum Gasteiger partial charge on any atom is 0.338 e. The smallest absolute Gasteiger partial charge is 0.338 e. The lowest BCUT2D eigenvalue weighted by Crippen LogP contribution is -2.23. The molecule has 15 heavy (non-hydrogen) atoms. The van der Waals surface area contributed by atoms with Crippen LogP contribution in [0.25, 0.3) is 0 Å². The second-order valence-corrected chi connectivity index (χ2v) is 4.98. The SMILES string of the molecule is O=C(O)C1(CCCCC2CCCC2)CO1. The van der Waals surface area contributed by atoms with Crippen molar-refractivity contribution in [3.63, 3.8) is 0 Å². The second kappa shape index (κ2) is 4.52. The number of epoxide rings is 1. The van der Waals surface area contributed by atoms with Crippen LogP contribution in [0.4, 0.5) is 0 Å². The molecule has 0 bridgehead atoms. The van der Waals surface area contributed by atoms with Crippen molar-refractivity contribution in [2.24, 2.45) is 5.92 Å². The Hall–Kier alpha value is -0.570. The minimum atomic E-state index is -0.782. The highest BCUT2D eigenvalue weighted by molar-refractivity contribution is 5.80. The number of rotatable bonds is 6. The Morgan fingerprint density at radius 1 is 1.33 bits per heavy atom. The Labute approximate surface area is 90.8 Å². The summed E-state index contributed by atoms with van der Waals surface area (Å²) in [5, 5.41) is 8.89. The van der Waals surface area contributed by atoms with Gasteiger partial charge in [0.05, 0.1) is 6.61 Å².